The smallest absolute Gasteiger partial charge is 0.126 e. The molecule has 1 unspecified atom stereocenters. The number of aliphatic hydroxyl groups is 1. The molecule has 5 aromatic rings. The van der Waals surface area contributed by atoms with E-state index in [1.807, 2.05) is 6.07 Å². The van der Waals surface area contributed by atoms with Crippen LogP contribution in [0.5, 0.6) is 0 Å². The molecule has 2 aromatic carbocycles. The lowest BCUT2D eigenvalue weighted by Crippen LogP contribution is -2.19. The van der Waals surface area contributed by atoms with Crippen LogP contribution in [-0.4, -0.2) is 38.3 Å². The van der Waals surface area contributed by atoms with Crippen LogP contribution >= 0.6 is 11.3 Å². The van der Waals surface area contributed by atoms with Crippen molar-refractivity contribution < 1.29 is 5.11 Å². The first-order valence-electron chi connectivity index (χ1n) is 11.8. The van der Waals surface area contributed by atoms with Gasteiger partial charge in [0.2, 0.25) is 0 Å². The van der Waals surface area contributed by atoms with E-state index in [4.69, 9.17) is 0 Å². The van der Waals surface area contributed by atoms with Crippen molar-refractivity contribution in [2.45, 2.75) is 38.3 Å². The maximum Gasteiger partial charge on any atom is 0.126 e. The van der Waals surface area contributed by atoms with E-state index in [0.717, 1.165) is 57.5 Å². The van der Waals surface area contributed by atoms with E-state index in [9.17, 15) is 5.11 Å². The maximum absolute atomic E-state index is 11.0. The number of rotatable bonds is 7. The molecule has 4 heterocycles. The molecule has 1 atom stereocenters. The zero-order valence-electron chi connectivity index (χ0n) is 18.6. The van der Waals surface area contributed by atoms with Crippen LogP contribution in [0.15, 0.2) is 60.0 Å². The summed E-state index contributed by atoms with van der Waals surface area (Å²) in [6, 6.07) is 19.1. The topological polar surface area (TPSA) is 67.9 Å². The van der Waals surface area contributed by atoms with Gasteiger partial charge in [0.05, 0.1) is 22.0 Å². The van der Waals surface area contributed by atoms with Crippen LogP contribution in [0.25, 0.3) is 32.5 Å². The Bertz CT molecular complexity index is 1390. The molecule has 6 rings (SSSR count). The zero-order chi connectivity index (χ0) is 22.2. The summed E-state index contributed by atoms with van der Waals surface area (Å²) >= 11 is 1.69. The second-order valence-corrected chi connectivity index (χ2v) is 9.99. The van der Waals surface area contributed by atoms with Gasteiger partial charge in [0.15, 0.2) is 0 Å². The molecule has 1 fully saturated rings. The van der Waals surface area contributed by atoms with E-state index in [0.29, 0.717) is 0 Å². The molecule has 0 aliphatic carbocycles. The minimum absolute atomic E-state index is 0.484. The summed E-state index contributed by atoms with van der Waals surface area (Å²) in [5.74, 6) is 0. The Kier molecular flexibility index (Phi) is 5.50. The molecule has 1 saturated heterocycles. The Morgan fingerprint density at radius 3 is 2.73 bits per heavy atom. The number of aliphatic hydroxyl groups excluding tert-OH is 1. The predicted molar refractivity (Wildman–Crippen MR) is 135 cm³/mol. The lowest BCUT2D eigenvalue weighted by Gasteiger charge is -2.18. The minimum atomic E-state index is -0.484. The number of likely N-dealkylation sites (tertiary alicyclic amines) is 1. The highest BCUT2D eigenvalue weighted by molar-refractivity contribution is 7.17. The van der Waals surface area contributed by atoms with Crippen molar-refractivity contribution in [3.05, 3.63) is 76.7 Å². The molecular weight excluding hydrogens is 428 g/mol. The average molecular weight is 457 g/mol. The van der Waals surface area contributed by atoms with Crippen LogP contribution in [0.2, 0.25) is 0 Å². The van der Waals surface area contributed by atoms with Gasteiger partial charge in [-0.15, -0.1) is 11.3 Å². The van der Waals surface area contributed by atoms with Crippen molar-refractivity contribution in [3.63, 3.8) is 0 Å². The number of hydrogen-bond acceptors (Lipinski definition) is 4. The van der Waals surface area contributed by atoms with E-state index >= 15 is 0 Å². The normalized spacial score (nSPS) is 15.7. The van der Waals surface area contributed by atoms with Crippen LogP contribution in [-0.2, 0) is 13.0 Å². The third kappa shape index (κ3) is 4.10. The Hall–Kier alpha value is -2.93. The first kappa shape index (κ1) is 20.7. The Balaban J connectivity index is 1.19. The number of nitrogens with zero attached hydrogens (tertiary/aromatic N) is 2. The monoisotopic (exact) mass is 456 g/mol. The zero-order valence-corrected chi connectivity index (χ0v) is 19.4. The van der Waals surface area contributed by atoms with E-state index in [1.165, 1.54) is 37.1 Å². The van der Waals surface area contributed by atoms with E-state index in [1.54, 1.807) is 11.3 Å². The molecule has 0 saturated carbocycles. The van der Waals surface area contributed by atoms with Gasteiger partial charge in [0.25, 0.3) is 0 Å². The Labute approximate surface area is 197 Å². The van der Waals surface area contributed by atoms with Gasteiger partial charge in [0.1, 0.15) is 5.69 Å². The molecule has 3 aromatic heterocycles. The van der Waals surface area contributed by atoms with E-state index < -0.39 is 6.10 Å². The molecule has 1 aliphatic heterocycles. The SMILES string of the molecule is OC(CCc1ccccc1CN1CCCC1)c1ccc2[nH]c(-c3n[nH]c4ccsc34)cc2c1. The number of H-pyrrole nitrogens is 2. The van der Waals surface area contributed by atoms with Crippen molar-refractivity contribution in [1.82, 2.24) is 20.1 Å². The van der Waals surface area contributed by atoms with Crippen LogP contribution < -0.4 is 0 Å². The Morgan fingerprint density at radius 2 is 1.85 bits per heavy atom. The number of aromatic amines is 2. The summed E-state index contributed by atoms with van der Waals surface area (Å²) in [6.45, 7) is 3.42. The quantitative estimate of drug-likeness (QED) is 0.280. The number of hydrogen-bond donors (Lipinski definition) is 3. The second kappa shape index (κ2) is 8.78. The summed E-state index contributed by atoms with van der Waals surface area (Å²) in [6.07, 6.45) is 3.73. The lowest BCUT2D eigenvalue weighted by atomic mass is 9.97. The fourth-order valence-corrected chi connectivity index (χ4v) is 5.86. The van der Waals surface area contributed by atoms with Crippen LogP contribution in [0.4, 0.5) is 0 Å². The second-order valence-electron chi connectivity index (χ2n) is 9.07. The fraction of sp³-hybridized carbons (Fsp3) is 0.296. The summed E-state index contributed by atoms with van der Waals surface area (Å²) in [5, 5.41) is 21.7. The average Bonchev–Trinajstić information content (AvgIpc) is 3.62. The minimum Gasteiger partial charge on any atom is -0.388 e. The molecule has 168 valence electrons. The van der Waals surface area contributed by atoms with E-state index in [2.05, 4.69) is 74.0 Å². The number of nitrogens with one attached hydrogen (secondary N) is 2. The van der Waals surface area contributed by atoms with Gasteiger partial charge in [-0.3, -0.25) is 10.00 Å². The van der Waals surface area contributed by atoms with Crippen molar-refractivity contribution in [2.24, 2.45) is 0 Å². The van der Waals surface area contributed by atoms with Gasteiger partial charge in [-0.2, -0.15) is 5.10 Å². The van der Waals surface area contributed by atoms with Crippen LogP contribution in [0.3, 0.4) is 0 Å². The lowest BCUT2D eigenvalue weighted by molar-refractivity contribution is 0.168. The van der Waals surface area contributed by atoms with Gasteiger partial charge in [-0.25, -0.2) is 0 Å². The summed E-state index contributed by atoms with van der Waals surface area (Å²) in [5.41, 5.74) is 7.80. The first-order valence-corrected chi connectivity index (χ1v) is 12.6. The summed E-state index contributed by atoms with van der Waals surface area (Å²) in [4.78, 5) is 6.02. The van der Waals surface area contributed by atoms with Gasteiger partial charge >= 0.3 is 0 Å². The largest absolute Gasteiger partial charge is 0.388 e. The maximum atomic E-state index is 11.0. The van der Waals surface area contributed by atoms with Gasteiger partial charge in [0, 0.05) is 17.4 Å². The highest BCUT2D eigenvalue weighted by Crippen LogP contribution is 2.33. The van der Waals surface area contributed by atoms with Crippen molar-refractivity contribution in [2.75, 3.05) is 13.1 Å². The summed E-state index contributed by atoms with van der Waals surface area (Å²) < 4.78 is 1.16. The van der Waals surface area contributed by atoms with Crippen LogP contribution in [0, 0.1) is 0 Å². The number of aryl methyl sites for hydroxylation is 1. The third-order valence-corrected chi connectivity index (χ3v) is 7.77. The predicted octanol–water partition coefficient (Wildman–Crippen LogP) is 6.03. The van der Waals surface area contributed by atoms with Crippen molar-refractivity contribution in [1.29, 1.82) is 0 Å². The molecule has 0 radical (unpaired) electrons. The van der Waals surface area contributed by atoms with Crippen LogP contribution in [0.1, 0.15) is 42.1 Å². The molecule has 1 aliphatic rings. The van der Waals surface area contributed by atoms with Gasteiger partial charge in [-0.05, 0) is 85.1 Å². The standard InChI is InChI=1S/C27H28N4OS/c32-25(10-8-18-5-1-2-6-20(18)17-31-12-3-4-13-31)19-7-9-22-21(15-19)16-24(28-22)26-27-23(29-30-26)11-14-33-27/h1-2,5-7,9,11,14-16,25,28,32H,3-4,8,10,12-13,17H2,(H,29,30). The molecule has 6 heteroatoms. The number of fused-ring (bicyclic) bond motifs is 2. The highest BCUT2D eigenvalue weighted by atomic mass is 32.1. The fourth-order valence-electron chi connectivity index (χ4n) is 5.01. The highest BCUT2D eigenvalue weighted by Gasteiger charge is 2.16. The molecule has 3 N–H and O–H groups in total. The van der Waals surface area contributed by atoms with Gasteiger partial charge < -0.3 is 10.1 Å². The van der Waals surface area contributed by atoms with Crippen molar-refractivity contribution in [3.8, 4) is 11.4 Å². The first-order chi connectivity index (χ1) is 16.2. The van der Waals surface area contributed by atoms with E-state index in [-0.39, 0.29) is 0 Å². The Morgan fingerprint density at radius 1 is 1.00 bits per heavy atom. The van der Waals surface area contributed by atoms with Crippen molar-refractivity contribution >= 4 is 32.5 Å². The van der Waals surface area contributed by atoms with Gasteiger partial charge in [-0.1, -0.05) is 30.3 Å². The molecule has 0 amide bonds. The number of thiophene rings is 1. The molecule has 0 bridgehead atoms. The molecule has 33 heavy (non-hydrogen) atoms. The molecule has 5 nitrogen and oxygen atoms in total. The number of benzene rings is 2. The third-order valence-electron chi connectivity index (χ3n) is 6.85. The summed E-state index contributed by atoms with van der Waals surface area (Å²) in [7, 11) is 0. The number of aromatic nitrogens is 3. The molecular formula is C27H28N4OS. The molecule has 0 spiro atoms.